The Morgan fingerprint density at radius 2 is 0.945 bits per heavy atom. The summed E-state index contributed by atoms with van der Waals surface area (Å²) in [5.41, 5.74) is 2.28. The van der Waals surface area contributed by atoms with Crippen LogP contribution in [0.2, 0.25) is 0 Å². The summed E-state index contributed by atoms with van der Waals surface area (Å²) in [6.45, 7) is 7.00. The summed E-state index contributed by atoms with van der Waals surface area (Å²) >= 11 is 0. The first-order valence-electron chi connectivity index (χ1n) is 25.0. The number of phenols is 2. The van der Waals surface area contributed by atoms with Crippen LogP contribution < -0.4 is 0 Å². The fourth-order valence-electron chi connectivity index (χ4n) is 7.98. The number of aliphatic hydroxyl groups excluding tert-OH is 8. The average molecular weight is 1010 g/mol. The second-order valence-electron chi connectivity index (χ2n) is 18.6. The highest BCUT2D eigenvalue weighted by molar-refractivity contribution is 5.97. The summed E-state index contributed by atoms with van der Waals surface area (Å²) in [6, 6.07) is 9.16. The zero-order chi connectivity index (χ0) is 53.7. The van der Waals surface area contributed by atoms with Crippen LogP contribution in [0.4, 0.5) is 0 Å². The maximum atomic E-state index is 13.5. The van der Waals surface area contributed by atoms with Crippen molar-refractivity contribution in [2.24, 2.45) is 0 Å². The van der Waals surface area contributed by atoms with Gasteiger partial charge in [0, 0.05) is 38.5 Å². The number of allylic oxidation sites excluding steroid dienone is 12. The molecule has 1 aliphatic rings. The number of ether oxygens (including phenoxy) is 2. The molecule has 1 aliphatic heterocycles. The van der Waals surface area contributed by atoms with E-state index >= 15 is 0 Å². The molecule has 14 heteroatoms. The number of aliphatic hydroxyl groups is 8. The lowest BCUT2D eigenvalue weighted by atomic mass is 10.0. The number of benzene rings is 2. The molecule has 0 fully saturated rings. The Kier molecular flexibility index (Phi) is 28.3. The Morgan fingerprint density at radius 3 is 1.36 bits per heavy atom. The predicted octanol–water partition coefficient (Wildman–Crippen LogP) is 8.34. The predicted molar refractivity (Wildman–Crippen MR) is 285 cm³/mol. The van der Waals surface area contributed by atoms with Crippen LogP contribution in [0.15, 0.2) is 145 Å². The van der Waals surface area contributed by atoms with Crippen LogP contribution >= 0.6 is 0 Å². The summed E-state index contributed by atoms with van der Waals surface area (Å²) in [7, 11) is 0. The van der Waals surface area contributed by atoms with Crippen LogP contribution in [-0.2, 0) is 9.47 Å². The SMILES string of the molecule is CC[C@@H](O)C[C@H]1C[C@@H](O)C/C=C/[C@@H](O)C[C@@H](O)C/C(C)=C/C=C/C=C/C=C\c2cccc(O)c2C(=O)O[C@@H](C[C@@H](C)O)C[C@@H](O)C/C=C/[C@@H](O)C[C@@H](O)C/C(C)=C/C=C/C=C/C=C\c2cccc(O)c2C(=O)O1. The maximum Gasteiger partial charge on any atom is 0.342 e. The highest BCUT2D eigenvalue weighted by Gasteiger charge is 2.26. The third-order valence-electron chi connectivity index (χ3n) is 11.7. The molecule has 398 valence electrons. The number of cyclic esters (lactones) is 2. The van der Waals surface area contributed by atoms with E-state index in [4.69, 9.17) is 9.47 Å². The topological polar surface area (TPSA) is 255 Å². The first-order valence-corrected chi connectivity index (χ1v) is 25.0. The van der Waals surface area contributed by atoms with Crippen LogP contribution in [0.3, 0.4) is 0 Å². The molecule has 1 heterocycles. The van der Waals surface area contributed by atoms with Crippen molar-refractivity contribution in [1.82, 2.24) is 0 Å². The van der Waals surface area contributed by atoms with E-state index in [1.807, 2.05) is 26.0 Å². The monoisotopic (exact) mass is 1010 g/mol. The molecule has 0 spiro atoms. The maximum absolute atomic E-state index is 13.5. The minimum atomic E-state index is -1.01. The van der Waals surface area contributed by atoms with E-state index in [2.05, 4.69) is 0 Å². The number of esters is 2. The summed E-state index contributed by atoms with van der Waals surface area (Å²) < 4.78 is 11.5. The van der Waals surface area contributed by atoms with Gasteiger partial charge in [0.2, 0.25) is 0 Å². The zero-order valence-corrected chi connectivity index (χ0v) is 42.5. The molecule has 2 aromatic carbocycles. The largest absolute Gasteiger partial charge is 0.507 e. The lowest BCUT2D eigenvalue weighted by molar-refractivity contribution is -0.00345. The molecule has 10 atom stereocenters. The van der Waals surface area contributed by atoms with E-state index in [9.17, 15) is 60.7 Å². The second kappa shape index (κ2) is 33.7. The third-order valence-corrected chi connectivity index (χ3v) is 11.7. The Morgan fingerprint density at radius 1 is 0.548 bits per heavy atom. The van der Waals surface area contributed by atoms with E-state index < -0.39 is 73.0 Å². The average Bonchev–Trinajstić information content (AvgIpc) is 3.30. The van der Waals surface area contributed by atoms with Gasteiger partial charge in [0.25, 0.3) is 0 Å². The number of rotatable bonds is 5. The quantitative estimate of drug-likeness (QED) is 0.0999. The summed E-state index contributed by atoms with van der Waals surface area (Å²) in [5.74, 6) is -2.27. The lowest BCUT2D eigenvalue weighted by Crippen LogP contribution is -2.28. The number of hydrogen-bond donors (Lipinski definition) is 10. The fraction of sp³-hybridized carbons (Fsp3) is 0.424. The zero-order valence-electron chi connectivity index (χ0n) is 42.5. The molecule has 0 aromatic heterocycles. The van der Waals surface area contributed by atoms with Crippen molar-refractivity contribution in [1.29, 1.82) is 0 Å². The van der Waals surface area contributed by atoms with Crippen LogP contribution in [0, 0.1) is 0 Å². The number of carbonyl (C=O) groups excluding carboxylic acids is 2. The summed E-state index contributed by atoms with van der Waals surface area (Å²) in [5, 5.41) is 106. The molecule has 0 aliphatic carbocycles. The molecule has 0 saturated heterocycles. The van der Waals surface area contributed by atoms with Gasteiger partial charge in [0.15, 0.2) is 0 Å². The molecule has 0 bridgehead atoms. The molecular formula is C59H78O14. The van der Waals surface area contributed by atoms with Crippen molar-refractivity contribution in [2.45, 2.75) is 159 Å². The molecule has 0 unspecified atom stereocenters. The molecule has 73 heavy (non-hydrogen) atoms. The molecule has 0 saturated carbocycles. The standard InChI is InChI=1S/C59H78O14/c1-5-45(61)37-53-39-49(65)29-19-27-47(63)36-51(67)33-41(3)20-12-8-6-10-14-22-43-24-16-30-54(68)56(43)58(70)72-52(34-42(4)60)38-48(64)28-18-26-46(62)35-50(66)32-40(2)21-13-9-7-11-15-23-44-25-17-31-55(69)57(44)59(71)73-53/h6-27,30-31,42,45-53,60-69H,5,28-29,32-39H2,1-4H3/b10-6+,11-7+,12-8+,13-9+,22-14-,23-15-,26-18+,27-19+,40-21+,41-20+/t42-,45-,46-,47-,48+,49+,50+,51+,52+,53+/m1/s1. The van der Waals surface area contributed by atoms with Gasteiger partial charge < -0.3 is 60.5 Å². The van der Waals surface area contributed by atoms with Crippen molar-refractivity contribution in [3.63, 3.8) is 0 Å². The van der Waals surface area contributed by atoms with Gasteiger partial charge in [-0.15, -0.1) is 0 Å². The van der Waals surface area contributed by atoms with Crippen molar-refractivity contribution in [3.8, 4) is 11.5 Å². The van der Waals surface area contributed by atoms with Gasteiger partial charge in [-0.2, -0.15) is 0 Å². The van der Waals surface area contributed by atoms with Gasteiger partial charge in [0.05, 0.1) is 48.8 Å². The van der Waals surface area contributed by atoms with E-state index in [0.717, 1.165) is 11.1 Å². The lowest BCUT2D eigenvalue weighted by Gasteiger charge is -2.23. The van der Waals surface area contributed by atoms with Gasteiger partial charge in [-0.05, 0) is 76.1 Å². The molecule has 0 amide bonds. The van der Waals surface area contributed by atoms with Crippen LogP contribution in [0.25, 0.3) is 12.2 Å². The minimum absolute atomic E-state index is 0.0245. The number of phenolic OH excluding ortho intramolecular Hbond substituents is 2. The normalized spacial score (nSPS) is 30.5. The number of aromatic hydroxyl groups is 2. The molecule has 10 N–H and O–H groups in total. The number of fused-ring (bicyclic) bond motifs is 2. The minimum Gasteiger partial charge on any atom is -0.507 e. The highest BCUT2D eigenvalue weighted by Crippen LogP contribution is 2.28. The van der Waals surface area contributed by atoms with Crippen molar-refractivity contribution in [3.05, 3.63) is 167 Å². The van der Waals surface area contributed by atoms with Gasteiger partial charge in [-0.25, -0.2) is 9.59 Å². The van der Waals surface area contributed by atoms with Gasteiger partial charge in [-0.1, -0.05) is 152 Å². The van der Waals surface area contributed by atoms with Crippen LogP contribution in [0.5, 0.6) is 11.5 Å². The van der Waals surface area contributed by atoms with Crippen molar-refractivity contribution in [2.75, 3.05) is 0 Å². The van der Waals surface area contributed by atoms with E-state index in [1.165, 1.54) is 31.2 Å². The van der Waals surface area contributed by atoms with Crippen LogP contribution in [-0.4, -0.2) is 124 Å². The molecule has 3 rings (SSSR count). The van der Waals surface area contributed by atoms with Gasteiger partial charge in [-0.3, -0.25) is 0 Å². The Bertz CT molecular complexity index is 2310. The van der Waals surface area contributed by atoms with Crippen molar-refractivity contribution < 1.29 is 70.1 Å². The number of hydrogen-bond acceptors (Lipinski definition) is 14. The Balaban J connectivity index is 1.83. The highest BCUT2D eigenvalue weighted by atomic mass is 16.6. The van der Waals surface area contributed by atoms with Gasteiger partial charge in [0.1, 0.15) is 34.8 Å². The summed E-state index contributed by atoms with van der Waals surface area (Å²) in [4.78, 5) is 27.0. The van der Waals surface area contributed by atoms with E-state index in [-0.39, 0.29) is 86.8 Å². The Hall–Kier alpha value is -5.94. The number of carbonyl (C=O) groups is 2. The fourth-order valence-corrected chi connectivity index (χ4v) is 7.98. The molecule has 2 aromatic rings. The first-order chi connectivity index (χ1) is 34.8. The second-order valence-corrected chi connectivity index (χ2v) is 18.6. The van der Waals surface area contributed by atoms with Crippen LogP contribution in [0.1, 0.15) is 130 Å². The Labute approximate surface area is 430 Å². The third kappa shape index (κ3) is 25.0. The summed E-state index contributed by atoms with van der Waals surface area (Å²) in [6.07, 6.45) is 22.4. The molecular weight excluding hydrogens is 933 g/mol. The van der Waals surface area contributed by atoms with Gasteiger partial charge >= 0.3 is 11.9 Å². The molecule has 14 nitrogen and oxygen atoms in total. The van der Waals surface area contributed by atoms with Crippen molar-refractivity contribution >= 4 is 24.1 Å². The molecule has 0 radical (unpaired) electrons. The smallest absolute Gasteiger partial charge is 0.342 e. The van der Waals surface area contributed by atoms with E-state index in [1.54, 1.807) is 116 Å². The van der Waals surface area contributed by atoms with E-state index in [0.29, 0.717) is 17.5 Å². The first kappa shape index (κ1) is 61.4.